The minimum Gasteiger partial charge on any atom is -0.325 e. The van der Waals surface area contributed by atoms with Crippen LogP contribution in [0.15, 0.2) is 97.2 Å². The van der Waals surface area contributed by atoms with Gasteiger partial charge in [-0.25, -0.2) is 4.98 Å². The number of amides is 2. The number of rotatable bonds is 7. The Bertz CT molecular complexity index is 1250. The van der Waals surface area contributed by atoms with Gasteiger partial charge < -0.3 is 10.6 Å². The number of halogens is 1. The number of aromatic nitrogens is 1. The zero-order chi connectivity index (χ0) is 23.9. The summed E-state index contributed by atoms with van der Waals surface area (Å²) in [6.45, 7) is 1.92. The van der Waals surface area contributed by atoms with Crippen LogP contribution in [-0.4, -0.2) is 16.8 Å². The Morgan fingerprint density at radius 2 is 1.50 bits per heavy atom. The van der Waals surface area contributed by atoms with Crippen LogP contribution in [0.4, 0.5) is 11.5 Å². The Labute approximate surface area is 203 Å². The fourth-order valence-electron chi connectivity index (χ4n) is 3.74. The Morgan fingerprint density at radius 3 is 2.12 bits per heavy atom. The Balaban J connectivity index is 1.51. The van der Waals surface area contributed by atoms with Crippen LogP contribution in [0.2, 0.25) is 5.02 Å². The van der Waals surface area contributed by atoms with Gasteiger partial charge in [-0.3, -0.25) is 9.59 Å². The van der Waals surface area contributed by atoms with Gasteiger partial charge in [-0.05, 0) is 53.9 Å². The van der Waals surface area contributed by atoms with Crippen molar-refractivity contribution < 1.29 is 9.59 Å². The largest absolute Gasteiger partial charge is 0.325 e. The molecule has 4 rings (SSSR count). The third kappa shape index (κ3) is 5.88. The molecule has 1 aromatic heterocycles. The van der Waals surface area contributed by atoms with Gasteiger partial charge >= 0.3 is 0 Å². The highest BCUT2D eigenvalue weighted by molar-refractivity contribution is 6.34. The minimum atomic E-state index is -0.336. The topological polar surface area (TPSA) is 71.1 Å². The molecule has 34 heavy (non-hydrogen) atoms. The first kappa shape index (κ1) is 23.2. The number of carbonyl (C=O) groups excluding carboxylic acids is 2. The quantitative estimate of drug-likeness (QED) is 0.326. The molecule has 0 unspecified atom stereocenters. The molecular weight excluding hydrogens is 446 g/mol. The SMILES string of the molecule is Cc1ccnc(NC(=O)c2ccc(Cl)c(NC(=O)CC(c3ccccc3)c3ccccc3)c2)c1. The summed E-state index contributed by atoms with van der Waals surface area (Å²) in [5, 5.41) is 6.01. The normalized spacial score (nSPS) is 10.7. The smallest absolute Gasteiger partial charge is 0.256 e. The lowest BCUT2D eigenvalue weighted by Gasteiger charge is -2.18. The van der Waals surface area contributed by atoms with Crippen molar-refractivity contribution in [3.05, 3.63) is 124 Å². The number of nitrogens with one attached hydrogen (secondary N) is 2. The summed E-state index contributed by atoms with van der Waals surface area (Å²) in [5.41, 5.74) is 3.84. The van der Waals surface area contributed by atoms with Crippen molar-refractivity contribution in [2.75, 3.05) is 10.6 Å². The highest BCUT2D eigenvalue weighted by atomic mass is 35.5. The maximum Gasteiger partial charge on any atom is 0.256 e. The molecule has 0 saturated carbocycles. The van der Waals surface area contributed by atoms with Crippen LogP contribution in [0.25, 0.3) is 0 Å². The second-order valence-electron chi connectivity index (χ2n) is 7.99. The zero-order valence-electron chi connectivity index (χ0n) is 18.7. The number of aryl methyl sites for hydroxylation is 1. The standard InChI is InChI=1S/C28H24ClN3O2/c1-19-14-15-30-26(16-19)32-28(34)22-12-13-24(29)25(17-22)31-27(33)18-23(20-8-4-2-5-9-20)21-10-6-3-7-11-21/h2-17,23H,18H2,1H3,(H,31,33)(H,30,32,34). The van der Waals surface area contributed by atoms with E-state index in [1.807, 2.05) is 73.7 Å². The molecule has 3 aromatic carbocycles. The molecule has 0 spiro atoms. The average Bonchev–Trinajstić information content (AvgIpc) is 2.85. The zero-order valence-corrected chi connectivity index (χ0v) is 19.4. The second kappa shape index (κ2) is 10.8. The molecule has 2 N–H and O–H groups in total. The lowest BCUT2D eigenvalue weighted by molar-refractivity contribution is -0.116. The molecule has 6 heteroatoms. The Hall–Kier alpha value is -3.96. The van der Waals surface area contributed by atoms with Crippen LogP contribution in [0, 0.1) is 6.92 Å². The molecule has 1 heterocycles. The predicted octanol–water partition coefficient (Wildman–Crippen LogP) is 6.46. The van der Waals surface area contributed by atoms with E-state index in [0.29, 0.717) is 22.1 Å². The molecular formula is C28H24ClN3O2. The number of hydrogen-bond donors (Lipinski definition) is 2. The van der Waals surface area contributed by atoms with Gasteiger partial charge in [0.25, 0.3) is 5.91 Å². The molecule has 0 aliphatic heterocycles. The van der Waals surface area contributed by atoms with Crippen LogP contribution >= 0.6 is 11.6 Å². The monoisotopic (exact) mass is 469 g/mol. The van der Waals surface area contributed by atoms with E-state index in [1.165, 1.54) is 0 Å². The maximum atomic E-state index is 13.1. The molecule has 0 bridgehead atoms. The number of benzene rings is 3. The lowest BCUT2D eigenvalue weighted by Crippen LogP contribution is -2.18. The van der Waals surface area contributed by atoms with Crippen molar-refractivity contribution in [1.82, 2.24) is 4.98 Å². The highest BCUT2D eigenvalue weighted by Crippen LogP contribution is 2.30. The first-order valence-corrected chi connectivity index (χ1v) is 11.3. The van der Waals surface area contributed by atoms with E-state index in [9.17, 15) is 9.59 Å². The van der Waals surface area contributed by atoms with Crippen molar-refractivity contribution in [3.8, 4) is 0 Å². The summed E-state index contributed by atoms with van der Waals surface area (Å²) in [5.74, 6) is -0.187. The van der Waals surface area contributed by atoms with E-state index in [1.54, 1.807) is 30.5 Å². The van der Waals surface area contributed by atoms with Crippen LogP contribution in [-0.2, 0) is 4.79 Å². The minimum absolute atomic E-state index is 0.111. The molecule has 170 valence electrons. The molecule has 0 saturated heterocycles. The maximum absolute atomic E-state index is 13.1. The van der Waals surface area contributed by atoms with Gasteiger partial charge in [-0.1, -0.05) is 72.3 Å². The van der Waals surface area contributed by atoms with Gasteiger partial charge in [0.2, 0.25) is 5.91 Å². The predicted molar refractivity (Wildman–Crippen MR) is 136 cm³/mol. The van der Waals surface area contributed by atoms with Gasteiger partial charge in [0.15, 0.2) is 0 Å². The van der Waals surface area contributed by atoms with E-state index >= 15 is 0 Å². The van der Waals surface area contributed by atoms with Crippen LogP contribution in [0.1, 0.15) is 39.4 Å². The summed E-state index contributed by atoms with van der Waals surface area (Å²) in [6.07, 6.45) is 1.86. The highest BCUT2D eigenvalue weighted by Gasteiger charge is 2.19. The molecule has 0 aliphatic carbocycles. The third-order valence-electron chi connectivity index (χ3n) is 5.45. The molecule has 2 amide bonds. The van der Waals surface area contributed by atoms with E-state index in [-0.39, 0.29) is 24.2 Å². The molecule has 0 fully saturated rings. The van der Waals surface area contributed by atoms with Crippen LogP contribution in [0.3, 0.4) is 0 Å². The van der Waals surface area contributed by atoms with Gasteiger partial charge in [0.05, 0.1) is 10.7 Å². The Morgan fingerprint density at radius 1 is 0.853 bits per heavy atom. The van der Waals surface area contributed by atoms with E-state index < -0.39 is 0 Å². The third-order valence-corrected chi connectivity index (χ3v) is 5.78. The molecule has 0 atom stereocenters. The molecule has 0 aliphatic rings. The number of carbonyl (C=O) groups is 2. The molecule has 5 nitrogen and oxygen atoms in total. The average molecular weight is 470 g/mol. The van der Waals surface area contributed by atoms with E-state index in [4.69, 9.17) is 11.6 Å². The first-order chi connectivity index (χ1) is 16.5. The Kier molecular flexibility index (Phi) is 7.35. The lowest BCUT2D eigenvalue weighted by atomic mass is 9.88. The van der Waals surface area contributed by atoms with Gasteiger partial charge in [-0.15, -0.1) is 0 Å². The van der Waals surface area contributed by atoms with Crippen LogP contribution < -0.4 is 10.6 Å². The van der Waals surface area contributed by atoms with Gasteiger partial charge in [0, 0.05) is 24.1 Å². The fourth-order valence-corrected chi connectivity index (χ4v) is 3.91. The number of hydrogen-bond acceptors (Lipinski definition) is 3. The van der Waals surface area contributed by atoms with Gasteiger partial charge in [-0.2, -0.15) is 0 Å². The van der Waals surface area contributed by atoms with E-state index in [2.05, 4.69) is 15.6 Å². The summed E-state index contributed by atoms with van der Waals surface area (Å²) in [6, 6.07) is 28.2. The summed E-state index contributed by atoms with van der Waals surface area (Å²) >= 11 is 6.34. The number of anilines is 2. The van der Waals surface area contributed by atoms with Gasteiger partial charge in [0.1, 0.15) is 5.82 Å². The molecule has 4 aromatic rings. The fraction of sp³-hybridized carbons (Fsp3) is 0.107. The van der Waals surface area contributed by atoms with Crippen molar-refractivity contribution in [2.45, 2.75) is 19.3 Å². The second-order valence-corrected chi connectivity index (χ2v) is 8.40. The van der Waals surface area contributed by atoms with Crippen molar-refractivity contribution in [1.29, 1.82) is 0 Å². The summed E-state index contributed by atoms with van der Waals surface area (Å²) < 4.78 is 0. The van der Waals surface area contributed by atoms with E-state index in [0.717, 1.165) is 16.7 Å². The number of pyridine rings is 1. The molecule has 0 radical (unpaired) electrons. The summed E-state index contributed by atoms with van der Waals surface area (Å²) in [7, 11) is 0. The van der Waals surface area contributed by atoms with Crippen molar-refractivity contribution in [3.63, 3.8) is 0 Å². The summed E-state index contributed by atoms with van der Waals surface area (Å²) in [4.78, 5) is 29.9. The first-order valence-electron chi connectivity index (χ1n) is 10.9. The number of nitrogens with zero attached hydrogens (tertiary/aromatic N) is 1. The van der Waals surface area contributed by atoms with Crippen LogP contribution in [0.5, 0.6) is 0 Å². The van der Waals surface area contributed by atoms with Crippen molar-refractivity contribution >= 4 is 34.9 Å². The van der Waals surface area contributed by atoms with Crippen molar-refractivity contribution in [2.24, 2.45) is 0 Å².